The largest absolute Gasteiger partial charge is 0.330 e. The second-order valence-corrected chi connectivity index (χ2v) is 9.47. The number of hydrogen-bond donors (Lipinski definition) is 2. The summed E-state index contributed by atoms with van der Waals surface area (Å²) >= 11 is 0. The lowest BCUT2D eigenvalue weighted by molar-refractivity contribution is 0.160. The number of likely N-dealkylation sites (tertiary alicyclic amines) is 1. The number of nitrogens with two attached hydrogens (primary N) is 2. The van der Waals surface area contributed by atoms with E-state index in [0.29, 0.717) is 0 Å². The molecule has 0 aromatic heterocycles. The molecule has 3 nitrogen and oxygen atoms in total. The van der Waals surface area contributed by atoms with Gasteiger partial charge in [0.2, 0.25) is 0 Å². The molecular weight excluding hydrogens is 349 g/mol. The van der Waals surface area contributed by atoms with Crippen molar-refractivity contribution in [2.75, 3.05) is 32.3 Å². The molecular formula is C23H36N3P. The minimum atomic E-state index is -0.276. The molecule has 3 rings (SSSR count). The monoisotopic (exact) mass is 385 g/mol. The average molecular weight is 386 g/mol. The van der Waals surface area contributed by atoms with Crippen LogP contribution in [0.2, 0.25) is 0 Å². The fourth-order valence-electron chi connectivity index (χ4n) is 3.54. The van der Waals surface area contributed by atoms with Crippen LogP contribution < -0.4 is 22.1 Å². The molecule has 0 amide bonds. The van der Waals surface area contributed by atoms with Gasteiger partial charge in [0.15, 0.2) is 0 Å². The number of rotatable bonds is 7. The maximum Gasteiger partial charge on any atom is 0.00669 e. The summed E-state index contributed by atoms with van der Waals surface area (Å²) in [4.78, 5) is 2.57. The van der Waals surface area contributed by atoms with Gasteiger partial charge < -0.3 is 16.4 Å². The van der Waals surface area contributed by atoms with Crippen LogP contribution in [-0.2, 0) is 0 Å². The van der Waals surface area contributed by atoms with E-state index in [1.807, 2.05) is 0 Å². The summed E-state index contributed by atoms with van der Waals surface area (Å²) in [6.07, 6.45) is 6.40. The summed E-state index contributed by atoms with van der Waals surface area (Å²) in [5, 5.41) is 2.82. The van der Waals surface area contributed by atoms with Crippen LogP contribution in [0.5, 0.6) is 0 Å². The molecule has 4 heteroatoms. The predicted octanol–water partition coefficient (Wildman–Crippen LogP) is 3.29. The SMILES string of the molecule is CC1CCCCN1CCCN.NCCP(c1ccccc1)c1ccccc1. The Balaban J connectivity index is 0.000000208. The highest BCUT2D eigenvalue weighted by molar-refractivity contribution is 7.73. The Morgan fingerprint density at radius 3 is 1.96 bits per heavy atom. The first-order chi connectivity index (χ1) is 13.3. The van der Waals surface area contributed by atoms with Gasteiger partial charge in [-0.25, -0.2) is 0 Å². The Bertz CT molecular complexity index is 566. The van der Waals surface area contributed by atoms with Crippen LogP contribution in [0, 0.1) is 0 Å². The second-order valence-electron chi connectivity index (χ2n) is 7.13. The quantitative estimate of drug-likeness (QED) is 0.719. The predicted molar refractivity (Wildman–Crippen MR) is 122 cm³/mol. The lowest BCUT2D eigenvalue weighted by Crippen LogP contribution is -2.38. The summed E-state index contributed by atoms with van der Waals surface area (Å²) in [6, 6.07) is 22.1. The van der Waals surface area contributed by atoms with Gasteiger partial charge in [-0.05, 0) is 77.1 Å². The van der Waals surface area contributed by atoms with Crippen molar-refractivity contribution in [3.63, 3.8) is 0 Å². The Morgan fingerprint density at radius 2 is 1.48 bits per heavy atom. The normalized spacial score (nSPS) is 17.4. The minimum Gasteiger partial charge on any atom is -0.330 e. The number of nitrogens with zero attached hydrogens (tertiary/aromatic N) is 1. The molecule has 148 valence electrons. The van der Waals surface area contributed by atoms with Crippen molar-refractivity contribution in [1.82, 2.24) is 4.90 Å². The summed E-state index contributed by atoms with van der Waals surface area (Å²) in [7, 11) is -0.276. The summed E-state index contributed by atoms with van der Waals surface area (Å²) in [5.74, 6) is 0. The lowest BCUT2D eigenvalue weighted by atomic mass is 10.0. The molecule has 2 aromatic carbocycles. The van der Waals surface area contributed by atoms with E-state index in [4.69, 9.17) is 11.5 Å². The molecule has 1 heterocycles. The molecule has 1 saturated heterocycles. The van der Waals surface area contributed by atoms with Crippen LogP contribution >= 0.6 is 7.92 Å². The molecule has 1 aliphatic rings. The summed E-state index contributed by atoms with van der Waals surface area (Å²) in [5.41, 5.74) is 11.2. The number of benzene rings is 2. The average Bonchev–Trinajstić information content (AvgIpc) is 2.73. The van der Waals surface area contributed by atoms with Crippen molar-refractivity contribution in [3.05, 3.63) is 60.7 Å². The van der Waals surface area contributed by atoms with E-state index >= 15 is 0 Å². The van der Waals surface area contributed by atoms with E-state index in [2.05, 4.69) is 72.5 Å². The third kappa shape index (κ3) is 7.71. The van der Waals surface area contributed by atoms with E-state index in [0.717, 1.165) is 31.7 Å². The van der Waals surface area contributed by atoms with Crippen LogP contribution in [0.25, 0.3) is 0 Å². The zero-order valence-corrected chi connectivity index (χ0v) is 17.7. The van der Waals surface area contributed by atoms with Crippen molar-refractivity contribution in [2.24, 2.45) is 11.5 Å². The number of hydrogen-bond acceptors (Lipinski definition) is 3. The molecule has 0 aliphatic carbocycles. The molecule has 0 spiro atoms. The van der Waals surface area contributed by atoms with Gasteiger partial charge in [0, 0.05) is 6.04 Å². The van der Waals surface area contributed by atoms with Gasteiger partial charge in [-0.2, -0.15) is 0 Å². The molecule has 0 saturated carbocycles. The van der Waals surface area contributed by atoms with Crippen molar-refractivity contribution in [2.45, 2.75) is 38.6 Å². The van der Waals surface area contributed by atoms with Crippen molar-refractivity contribution in [3.8, 4) is 0 Å². The fraction of sp³-hybridized carbons (Fsp3) is 0.478. The zero-order chi connectivity index (χ0) is 19.3. The van der Waals surface area contributed by atoms with E-state index in [-0.39, 0.29) is 7.92 Å². The first-order valence-electron chi connectivity index (χ1n) is 10.3. The van der Waals surface area contributed by atoms with E-state index < -0.39 is 0 Å². The third-order valence-corrected chi connectivity index (χ3v) is 7.63. The highest BCUT2D eigenvalue weighted by Gasteiger charge is 2.16. The maximum absolute atomic E-state index is 5.72. The highest BCUT2D eigenvalue weighted by Crippen LogP contribution is 2.32. The van der Waals surface area contributed by atoms with Crippen molar-refractivity contribution in [1.29, 1.82) is 0 Å². The van der Waals surface area contributed by atoms with Gasteiger partial charge in [-0.15, -0.1) is 0 Å². The Morgan fingerprint density at radius 1 is 0.889 bits per heavy atom. The van der Waals surface area contributed by atoms with Crippen LogP contribution in [0.3, 0.4) is 0 Å². The Hall–Kier alpha value is -1.25. The minimum absolute atomic E-state index is 0.276. The van der Waals surface area contributed by atoms with Crippen LogP contribution in [-0.4, -0.2) is 43.3 Å². The molecule has 0 radical (unpaired) electrons. The first-order valence-corrected chi connectivity index (χ1v) is 11.8. The van der Waals surface area contributed by atoms with Crippen molar-refractivity contribution < 1.29 is 0 Å². The van der Waals surface area contributed by atoms with Crippen LogP contribution in [0.15, 0.2) is 60.7 Å². The molecule has 4 N–H and O–H groups in total. The number of piperidine rings is 1. The second kappa shape index (κ2) is 13.0. The van der Waals surface area contributed by atoms with Crippen molar-refractivity contribution >= 4 is 18.5 Å². The van der Waals surface area contributed by atoms with E-state index in [1.54, 1.807) is 0 Å². The van der Waals surface area contributed by atoms with Gasteiger partial charge >= 0.3 is 0 Å². The lowest BCUT2D eigenvalue weighted by Gasteiger charge is -2.33. The smallest absolute Gasteiger partial charge is 0.00669 e. The Labute approximate surface area is 166 Å². The topological polar surface area (TPSA) is 55.3 Å². The standard InChI is InChI=1S/C14H16NP.C9H20N2/c15-11-12-16(13-7-3-1-4-8-13)14-9-5-2-6-10-14;1-9-5-2-3-7-11(9)8-4-6-10/h1-10H,11-12,15H2;9H,2-8,10H2,1H3. The Kier molecular flexibility index (Phi) is 10.6. The molecule has 27 heavy (non-hydrogen) atoms. The molecule has 1 unspecified atom stereocenters. The van der Waals surface area contributed by atoms with E-state index in [9.17, 15) is 0 Å². The van der Waals surface area contributed by atoms with Gasteiger partial charge in [-0.1, -0.05) is 67.1 Å². The van der Waals surface area contributed by atoms with Crippen LogP contribution in [0.1, 0.15) is 32.6 Å². The van der Waals surface area contributed by atoms with Gasteiger partial charge in [0.1, 0.15) is 0 Å². The van der Waals surface area contributed by atoms with Gasteiger partial charge in [0.05, 0.1) is 0 Å². The molecule has 1 atom stereocenters. The van der Waals surface area contributed by atoms with Crippen LogP contribution in [0.4, 0.5) is 0 Å². The molecule has 0 bridgehead atoms. The van der Waals surface area contributed by atoms with Gasteiger partial charge in [-0.3, -0.25) is 0 Å². The van der Waals surface area contributed by atoms with Gasteiger partial charge in [0.25, 0.3) is 0 Å². The highest BCUT2D eigenvalue weighted by atomic mass is 31.1. The third-order valence-electron chi connectivity index (χ3n) is 5.08. The fourth-order valence-corrected chi connectivity index (χ4v) is 5.67. The maximum atomic E-state index is 5.72. The molecule has 2 aromatic rings. The zero-order valence-electron chi connectivity index (χ0n) is 16.8. The van der Waals surface area contributed by atoms with E-state index in [1.165, 1.54) is 43.0 Å². The summed E-state index contributed by atoms with van der Waals surface area (Å²) < 4.78 is 0. The summed E-state index contributed by atoms with van der Waals surface area (Å²) in [6.45, 7) is 6.41. The molecule has 1 aliphatic heterocycles. The first kappa shape index (κ1) is 22.0. The molecule has 1 fully saturated rings.